The molecule has 0 bridgehead atoms. The van der Waals surface area contributed by atoms with Crippen LogP contribution >= 0.6 is 12.4 Å². The molecule has 0 aliphatic heterocycles. The minimum atomic E-state index is 0. The lowest BCUT2D eigenvalue weighted by Gasteiger charge is -1.78. The van der Waals surface area contributed by atoms with Crippen LogP contribution in [0.3, 0.4) is 0 Å². The minimum absolute atomic E-state index is 0. The van der Waals surface area contributed by atoms with Gasteiger partial charge in [0.2, 0.25) is 0 Å². The van der Waals surface area contributed by atoms with Gasteiger partial charge in [-0.15, -0.1) is 12.4 Å². The van der Waals surface area contributed by atoms with Crippen LogP contribution in [-0.4, -0.2) is 16.5 Å². The van der Waals surface area contributed by atoms with E-state index in [4.69, 9.17) is 0 Å². The van der Waals surface area contributed by atoms with Gasteiger partial charge in [0.05, 0.1) is 6.20 Å². The third-order valence-corrected chi connectivity index (χ3v) is 0.986. The fourth-order valence-corrected chi connectivity index (χ4v) is 0.476. The highest BCUT2D eigenvalue weighted by Gasteiger charge is 1.93. The molecule has 0 unspecified atom stereocenters. The van der Waals surface area contributed by atoms with Crippen LogP contribution in [0.4, 0.5) is 0 Å². The summed E-state index contributed by atoms with van der Waals surface area (Å²) in [6.45, 7) is 1.83. The standard InChI is InChI=1S/C5H6N2O.ClH/c1-4-2-6-7-5(4)3-8;/h2-3H,1H3,(H,6,7);1H. The normalized spacial score (nSPS) is 8.11. The zero-order chi connectivity index (χ0) is 5.98. The topological polar surface area (TPSA) is 45.8 Å². The molecule has 0 fully saturated rings. The van der Waals surface area contributed by atoms with Crippen molar-refractivity contribution in [3.05, 3.63) is 17.5 Å². The molecule has 0 aromatic carbocycles. The first-order valence-corrected chi connectivity index (χ1v) is 2.29. The molecule has 1 aromatic rings. The summed E-state index contributed by atoms with van der Waals surface area (Å²) < 4.78 is 0. The summed E-state index contributed by atoms with van der Waals surface area (Å²) in [6.07, 6.45) is 2.37. The van der Waals surface area contributed by atoms with Crippen molar-refractivity contribution in [1.29, 1.82) is 0 Å². The van der Waals surface area contributed by atoms with Gasteiger partial charge in [0.15, 0.2) is 6.29 Å². The van der Waals surface area contributed by atoms with Gasteiger partial charge in [0.25, 0.3) is 0 Å². The van der Waals surface area contributed by atoms with Crippen molar-refractivity contribution in [2.45, 2.75) is 6.92 Å². The summed E-state index contributed by atoms with van der Waals surface area (Å²) in [4.78, 5) is 10.0. The number of aromatic nitrogens is 2. The molecule has 0 atom stereocenters. The average Bonchev–Trinajstić information content (AvgIpc) is 2.14. The number of nitrogens with zero attached hydrogens (tertiary/aromatic N) is 1. The Morgan fingerprint density at radius 2 is 2.44 bits per heavy atom. The predicted octanol–water partition coefficient (Wildman–Crippen LogP) is 0.952. The highest BCUT2D eigenvalue weighted by Crippen LogP contribution is 1.95. The summed E-state index contributed by atoms with van der Waals surface area (Å²) in [5.74, 6) is 0. The Hall–Kier alpha value is -0.830. The molecule has 9 heavy (non-hydrogen) atoms. The molecule has 0 radical (unpaired) electrons. The van der Waals surface area contributed by atoms with Gasteiger partial charge in [0.1, 0.15) is 5.69 Å². The van der Waals surface area contributed by atoms with E-state index in [2.05, 4.69) is 10.2 Å². The van der Waals surface area contributed by atoms with E-state index in [1.54, 1.807) is 6.20 Å². The molecular formula is C5H7ClN2O. The molecule has 3 nitrogen and oxygen atoms in total. The first kappa shape index (κ1) is 8.17. The van der Waals surface area contributed by atoms with Gasteiger partial charge < -0.3 is 0 Å². The number of hydrogen-bond acceptors (Lipinski definition) is 2. The van der Waals surface area contributed by atoms with E-state index in [0.29, 0.717) is 5.69 Å². The van der Waals surface area contributed by atoms with Crippen LogP contribution in [0.15, 0.2) is 6.20 Å². The number of carbonyl (C=O) groups excluding carboxylic acids is 1. The van der Waals surface area contributed by atoms with Crippen LogP contribution in [-0.2, 0) is 0 Å². The molecule has 1 heterocycles. The summed E-state index contributed by atoms with van der Waals surface area (Å²) in [6, 6.07) is 0. The van der Waals surface area contributed by atoms with Crippen molar-refractivity contribution in [3.8, 4) is 0 Å². The highest BCUT2D eigenvalue weighted by molar-refractivity contribution is 5.85. The summed E-state index contributed by atoms with van der Waals surface area (Å²) in [5.41, 5.74) is 1.45. The van der Waals surface area contributed by atoms with Gasteiger partial charge in [-0.05, 0) is 12.5 Å². The molecule has 0 saturated heterocycles. The monoisotopic (exact) mass is 146 g/mol. The number of nitrogens with one attached hydrogen (secondary N) is 1. The molecule has 4 heteroatoms. The lowest BCUT2D eigenvalue weighted by Crippen LogP contribution is -1.80. The fraction of sp³-hybridized carbons (Fsp3) is 0.200. The van der Waals surface area contributed by atoms with Crippen LogP contribution in [0.2, 0.25) is 0 Å². The van der Waals surface area contributed by atoms with E-state index >= 15 is 0 Å². The maximum absolute atomic E-state index is 10.0. The Morgan fingerprint density at radius 1 is 1.78 bits per heavy atom. The van der Waals surface area contributed by atoms with E-state index in [1.807, 2.05) is 6.92 Å². The number of aryl methyl sites for hydroxylation is 1. The number of hydrogen-bond donors (Lipinski definition) is 1. The Bertz CT molecular complexity index is 197. The Kier molecular flexibility index (Phi) is 2.95. The molecule has 0 aliphatic rings. The van der Waals surface area contributed by atoms with Crippen molar-refractivity contribution in [2.24, 2.45) is 0 Å². The molecule has 1 rings (SSSR count). The fourth-order valence-electron chi connectivity index (χ4n) is 0.476. The Labute approximate surface area is 58.9 Å². The van der Waals surface area contributed by atoms with E-state index in [1.165, 1.54) is 0 Å². The van der Waals surface area contributed by atoms with E-state index in [0.717, 1.165) is 11.8 Å². The molecule has 0 amide bonds. The quantitative estimate of drug-likeness (QED) is 0.600. The van der Waals surface area contributed by atoms with Crippen LogP contribution in [0.5, 0.6) is 0 Å². The first-order chi connectivity index (χ1) is 3.84. The molecule has 0 saturated carbocycles. The number of rotatable bonds is 1. The van der Waals surface area contributed by atoms with Crippen LogP contribution in [0.25, 0.3) is 0 Å². The Balaban J connectivity index is 0.000000640. The molecule has 50 valence electrons. The van der Waals surface area contributed by atoms with Gasteiger partial charge in [0, 0.05) is 0 Å². The summed E-state index contributed by atoms with van der Waals surface area (Å²) >= 11 is 0. The Morgan fingerprint density at radius 3 is 2.67 bits per heavy atom. The van der Waals surface area contributed by atoms with Gasteiger partial charge in [-0.1, -0.05) is 0 Å². The van der Waals surface area contributed by atoms with Crippen LogP contribution in [0.1, 0.15) is 16.1 Å². The zero-order valence-electron chi connectivity index (χ0n) is 4.92. The van der Waals surface area contributed by atoms with Crippen molar-refractivity contribution in [2.75, 3.05) is 0 Å². The highest BCUT2D eigenvalue weighted by atomic mass is 35.5. The van der Waals surface area contributed by atoms with Crippen LogP contribution < -0.4 is 0 Å². The van der Waals surface area contributed by atoms with Crippen molar-refractivity contribution in [1.82, 2.24) is 10.2 Å². The number of halogens is 1. The van der Waals surface area contributed by atoms with Crippen LogP contribution in [0, 0.1) is 6.92 Å². The average molecular weight is 147 g/mol. The lowest BCUT2D eigenvalue weighted by atomic mass is 10.3. The van der Waals surface area contributed by atoms with Gasteiger partial charge in [-0.3, -0.25) is 9.89 Å². The van der Waals surface area contributed by atoms with Gasteiger partial charge >= 0.3 is 0 Å². The van der Waals surface area contributed by atoms with Gasteiger partial charge in [-0.2, -0.15) is 5.10 Å². The third-order valence-electron chi connectivity index (χ3n) is 0.986. The molecular weight excluding hydrogens is 140 g/mol. The van der Waals surface area contributed by atoms with Gasteiger partial charge in [-0.25, -0.2) is 0 Å². The third kappa shape index (κ3) is 1.54. The molecule has 1 aromatic heterocycles. The zero-order valence-corrected chi connectivity index (χ0v) is 5.73. The second-order valence-electron chi connectivity index (χ2n) is 1.58. The smallest absolute Gasteiger partial charge is 0.168 e. The summed E-state index contributed by atoms with van der Waals surface area (Å²) in [7, 11) is 0. The second kappa shape index (κ2) is 3.25. The maximum Gasteiger partial charge on any atom is 0.168 e. The second-order valence-corrected chi connectivity index (χ2v) is 1.58. The summed E-state index contributed by atoms with van der Waals surface area (Å²) in [5, 5.41) is 6.17. The van der Waals surface area contributed by atoms with Crippen molar-refractivity contribution >= 4 is 18.7 Å². The first-order valence-electron chi connectivity index (χ1n) is 2.29. The van der Waals surface area contributed by atoms with E-state index in [9.17, 15) is 4.79 Å². The van der Waals surface area contributed by atoms with E-state index in [-0.39, 0.29) is 12.4 Å². The SMILES string of the molecule is Cc1cn[nH]c1C=O.Cl. The number of H-pyrrole nitrogens is 1. The molecule has 0 aliphatic carbocycles. The van der Waals surface area contributed by atoms with Crippen molar-refractivity contribution < 1.29 is 4.79 Å². The van der Waals surface area contributed by atoms with Crippen molar-refractivity contribution in [3.63, 3.8) is 0 Å². The van der Waals surface area contributed by atoms with E-state index < -0.39 is 0 Å². The lowest BCUT2D eigenvalue weighted by molar-refractivity contribution is 0.111. The predicted molar refractivity (Wildman–Crippen MR) is 36.0 cm³/mol. The minimum Gasteiger partial charge on any atom is -0.296 e. The number of aromatic amines is 1. The largest absolute Gasteiger partial charge is 0.296 e. The number of aldehydes is 1. The number of carbonyl (C=O) groups is 1. The molecule has 0 spiro atoms. The maximum atomic E-state index is 10.0. The molecule has 1 N–H and O–H groups in total.